The number of hydrogen-bond donors (Lipinski definition) is 1. The predicted octanol–water partition coefficient (Wildman–Crippen LogP) is 2.90. The molecule has 0 saturated heterocycles. The van der Waals surface area contributed by atoms with Gasteiger partial charge in [-0.25, -0.2) is 0 Å². The lowest BCUT2D eigenvalue weighted by atomic mass is 10.2. The highest BCUT2D eigenvalue weighted by Gasteiger charge is 2.31. The first-order chi connectivity index (χ1) is 8.30. The van der Waals surface area contributed by atoms with Crippen LogP contribution in [0.15, 0.2) is 18.3 Å². The summed E-state index contributed by atoms with van der Waals surface area (Å²) < 4.78 is 37.0. The van der Waals surface area contributed by atoms with Crippen molar-refractivity contribution in [3.63, 3.8) is 0 Å². The number of nitrogens with one attached hydrogen (secondary N) is 1. The molecule has 18 heavy (non-hydrogen) atoms. The first-order valence-corrected chi connectivity index (χ1v) is 5.32. The van der Waals surface area contributed by atoms with Gasteiger partial charge in [-0.1, -0.05) is 17.7 Å². The second kappa shape index (κ2) is 5.86. The zero-order chi connectivity index (χ0) is 13.8. The van der Waals surface area contributed by atoms with Crippen LogP contribution >= 0.6 is 11.6 Å². The van der Waals surface area contributed by atoms with E-state index in [9.17, 15) is 18.0 Å². The maximum Gasteiger partial charge on any atom is 0.417 e. The number of halogens is 4. The van der Waals surface area contributed by atoms with Crippen molar-refractivity contribution >= 4 is 23.6 Å². The van der Waals surface area contributed by atoms with Crippen LogP contribution < -0.4 is 5.32 Å². The molecule has 1 heterocycles. The molecule has 1 aromatic heterocycles. The molecule has 0 aliphatic carbocycles. The number of amides is 1. The fourth-order valence-electron chi connectivity index (χ4n) is 1.10. The molecular formula is C11H10ClF3N2O. The van der Waals surface area contributed by atoms with Crippen molar-refractivity contribution in [1.82, 2.24) is 10.3 Å². The molecule has 0 radical (unpaired) electrons. The van der Waals surface area contributed by atoms with Crippen LogP contribution in [0.5, 0.6) is 0 Å². The Hall–Kier alpha value is -1.56. The van der Waals surface area contributed by atoms with Crippen LogP contribution in [-0.4, -0.2) is 17.4 Å². The number of aromatic nitrogens is 1. The van der Waals surface area contributed by atoms with E-state index in [4.69, 9.17) is 11.6 Å². The largest absolute Gasteiger partial charge is 0.417 e. The topological polar surface area (TPSA) is 42.0 Å². The number of carbonyl (C=O) groups is 1. The standard InChI is InChI=1S/C11H10ClF3N2O/c1-7(18)16-4-2-3-10-9(12)5-8(6-17-10)11(13,14)15/h2-3,5-6H,4H2,1H3,(H,16,18). The molecule has 0 saturated carbocycles. The highest BCUT2D eigenvalue weighted by atomic mass is 35.5. The van der Waals surface area contributed by atoms with Gasteiger partial charge in [0, 0.05) is 19.7 Å². The van der Waals surface area contributed by atoms with Crippen molar-refractivity contribution in [3.05, 3.63) is 34.6 Å². The quantitative estimate of drug-likeness (QED) is 0.924. The van der Waals surface area contributed by atoms with E-state index in [0.717, 1.165) is 6.07 Å². The predicted molar refractivity (Wildman–Crippen MR) is 62.0 cm³/mol. The molecule has 98 valence electrons. The molecule has 0 aliphatic heterocycles. The van der Waals surface area contributed by atoms with E-state index < -0.39 is 11.7 Å². The van der Waals surface area contributed by atoms with Crippen molar-refractivity contribution in [3.8, 4) is 0 Å². The van der Waals surface area contributed by atoms with Gasteiger partial charge in [0.05, 0.1) is 16.3 Å². The lowest BCUT2D eigenvalue weighted by Crippen LogP contribution is -2.19. The molecule has 1 amide bonds. The van der Waals surface area contributed by atoms with Gasteiger partial charge in [-0.2, -0.15) is 13.2 Å². The van der Waals surface area contributed by atoms with Crippen molar-refractivity contribution in [1.29, 1.82) is 0 Å². The average molecular weight is 279 g/mol. The maximum absolute atomic E-state index is 12.3. The Labute approximate surface area is 107 Å². The van der Waals surface area contributed by atoms with Gasteiger partial charge in [0.25, 0.3) is 0 Å². The summed E-state index contributed by atoms with van der Waals surface area (Å²) in [6.45, 7) is 1.62. The smallest absolute Gasteiger partial charge is 0.353 e. The Morgan fingerprint density at radius 1 is 1.56 bits per heavy atom. The molecule has 0 fully saturated rings. The van der Waals surface area contributed by atoms with Crippen LogP contribution in [0.4, 0.5) is 13.2 Å². The van der Waals surface area contributed by atoms with E-state index in [1.807, 2.05) is 0 Å². The number of hydrogen-bond acceptors (Lipinski definition) is 2. The first kappa shape index (κ1) is 14.5. The molecule has 1 rings (SSSR count). The summed E-state index contributed by atoms with van der Waals surface area (Å²) in [5, 5.41) is 2.40. The number of alkyl halides is 3. The molecule has 0 aromatic carbocycles. The number of rotatable bonds is 3. The zero-order valence-corrected chi connectivity index (χ0v) is 10.1. The normalized spacial score (nSPS) is 11.8. The van der Waals surface area contributed by atoms with Crippen LogP contribution in [-0.2, 0) is 11.0 Å². The van der Waals surface area contributed by atoms with Gasteiger partial charge in [-0.05, 0) is 12.1 Å². The maximum atomic E-state index is 12.3. The Morgan fingerprint density at radius 2 is 2.22 bits per heavy atom. The molecule has 0 aliphatic rings. The van der Waals surface area contributed by atoms with E-state index in [2.05, 4.69) is 10.3 Å². The number of nitrogens with zero attached hydrogens (tertiary/aromatic N) is 1. The molecule has 1 N–H and O–H groups in total. The Bertz CT molecular complexity index is 472. The van der Waals surface area contributed by atoms with Crippen molar-refractivity contribution in [2.24, 2.45) is 0 Å². The van der Waals surface area contributed by atoms with Gasteiger partial charge in [0.15, 0.2) is 0 Å². The van der Waals surface area contributed by atoms with Crippen LogP contribution in [0.25, 0.3) is 6.08 Å². The van der Waals surface area contributed by atoms with Gasteiger partial charge in [0.2, 0.25) is 5.91 Å². The van der Waals surface area contributed by atoms with Crippen molar-refractivity contribution in [2.75, 3.05) is 6.54 Å². The molecule has 1 aromatic rings. The lowest BCUT2D eigenvalue weighted by molar-refractivity contribution is -0.137. The van der Waals surface area contributed by atoms with E-state index in [0.29, 0.717) is 6.20 Å². The summed E-state index contributed by atoms with van der Waals surface area (Å²) in [5.41, 5.74) is -0.679. The molecule has 7 heteroatoms. The first-order valence-electron chi connectivity index (χ1n) is 4.94. The zero-order valence-electron chi connectivity index (χ0n) is 9.38. The lowest BCUT2D eigenvalue weighted by Gasteiger charge is -2.07. The van der Waals surface area contributed by atoms with Crippen LogP contribution in [0, 0.1) is 0 Å². The summed E-state index contributed by atoms with van der Waals surface area (Å²) in [7, 11) is 0. The summed E-state index contributed by atoms with van der Waals surface area (Å²) in [5.74, 6) is -0.203. The fourth-order valence-corrected chi connectivity index (χ4v) is 1.33. The van der Waals surface area contributed by atoms with Gasteiger partial charge >= 0.3 is 6.18 Å². The average Bonchev–Trinajstić information content (AvgIpc) is 2.24. The third kappa shape index (κ3) is 4.37. The third-order valence-electron chi connectivity index (χ3n) is 1.94. The van der Waals surface area contributed by atoms with E-state index in [-0.39, 0.29) is 23.2 Å². The summed E-state index contributed by atoms with van der Waals surface area (Å²) >= 11 is 5.68. The second-order valence-corrected chi connectivity index (χ2v) is 3.84. The van der Waals surface area contributed by atoms with Crippen molar-refractivity contribution in [2.45, 2.75) is 13.1 Å². The Balaban J connectivity index is 2.77. The van der Waals surface area contributed by atoms with Gasteiger partial charge in [-0.15, -0.1) is 0 Å². The fraction of sp³-hybridized carbons (Fsp3) is 0.273. The molecule has 0 bridgehead atoms. The van der Waals surface area contributed by atoms with E-state index in [1.54, 1.807) is 6.08 Å². The van der Waals surface area contributed by atoms with E-state index in [1.165, 1.54) is 13.0 Å². The molecular weight excluding hydrogens is 269 g/mol. The Kier molecular flexibility index (Phi) is 4.72. The van der Waals surface area contributed by atoms with Crippen LogP contribution in [0.2, 0.25) is 5.02 Å². The highest BCUT2D eigenvalue weighted by Crippen LogP contribution is 2.31. The minimum Gasteiger partial charge on any atom is -0.353 e. The number of carbonyl (C=O) groups excluding carboxylic acids is 1. The molecule has 3 nitrogen and oxygen atoms in total. The molecule has 0 unspecified atom stereocenters. The monoisotopic (exact) mass is 278 g/mol. The highest BCUT2D eigenvalue weighted by molar-refractivity contribution is 6.31. The SMILES string of the molecule is CC(=O)NCC=Cc1ncc(C(F)(F)F)cc1Cl. The van der Waals surface area contributed by atoms with Crippen LogP contribution in [0.1, 0.15) is 18.2 Å². The second-order valence-electron chi connectivity index (χ2n) is 3.43. The third-order valence-corrected chi connectivity index (χ3v) is 2.24. The summed E-state index contributed by atoms with van der Waals surface area (Å²) in [6, 6.07) is 0.812. The van der Waals surface area contributed by atoms with Gasteiger partial charge in [-0.3, -0.25) is 9.78 Å². The van der Waals surface area contributed by atoms with Crippen LogP contribution in [0.3, 0.4) is 0 Å². The minimum absolute atomic E-state index is 0.0936. The number of pyridine rings is 1. The van der Waals surface area contributed by atoms with Gasteiger partial charge in [0.1, 0.15) is 0 Å². The van der Waals surface area contributed by atoms with Crippen molar-refractivity contribution < 1.29 is 18.0 Å². The molecule has 0 spiro atoms. The Morgan fingerprint density at radius 3 is 2.72 bits per heavy atom. The van der Waals surface area contributed by atoms with Gasteiger partial charge < -0.3 is 5.32 Å². The summed E-state index contributed by atoms with van der Waals surface area (Å²) in [6.07, 6.45) is -0.764. The molecule has 0 atom stereocenters. The van der Waals surface area contributed by atoms with E-state index >= 15 is 0 Å². The summed E-state index contributed by atoms with van der Waals surface area (Å²) in [4.78, 5) is 14.2. The minimum atomic E-state index is -4.46.